The molecule has 0 saturated carbocycles. The zero-order valence-corrected chi connectivity index (χ0v) is 14.4. The molecule has 0 aliphatic rings. The molecule has 0 bridgehead atoms. The second-order valence-corrected chi connectivity index (χ2v) is 7.32. The van der Waals surface area contributed by atoms with Crippen LogP contribution in [0.15, 0.2) is 35.2 Å². The third kappa shape index (κ3) is 8.63. The van der Waals surface area contributed by atoms with Crippen molar-refractivity contribution in [1.29, 1.82) is 0 Å². The molecule has 0 aromatic heterocycles. The molecule has 0 saturated heterocycles. The first-order valence-electron chi connectivity index (χ1n) is 7.08. The molecule has 0 unspecified atom stereocenters. The fraction of sp³-hybridized carbons (Fsp3) is 0.562. The molecule has 0 aliphatic heterocycles. The van der Waals surface area contributed by atoms with Crippen molar-refractivity contribution in [1.82, 2.24) is 10.2 Å². The summed E-state index contributed by atoms with van der Waals surface area (Å²) in [6.45, 7) is 6.38. The molecule has 1 rings (SSSR count). The molecule has 0 fully saturated rings. The van der Waals surface area contributed by atoms with Gasteiger partial charge in [0.15, 0.2) is 0 Å². The number of hydrogen-bond donors (Lipinski definition) is 1. The van der Waals surface area contributed by atoms with E-state index < -0.39 is 5.60 Å². The number of nitrogens with one attached hydrogen (secondary N) is 1. The van der Waals surface area contributed by atoms with E-state index >= 15 is 0 Å². The van der Waals surface area contributed by atoms with Crippen molar-refractivity contribution in [2.45, 2.75) is 37.3 Å². The van der Waals surface area contributed by atoms with E-state index in [1.807, 2.05) is 53.1 Å². The van der Waals surface area contributed by atoms with Gasteiger partial charge in [-0.2, -0.15) is 0 Å². The molecular weight excluding hydrogens is 284 g/mol. The molecular formula is C16H26N2O2S. The summed E-state index contributed by atoms with van der Waals surface area (Å²) in [6, 6.07) is 10.2. The topological polar surface area (TPSA) is 41.6 Å². The van der Waals surface area contributed by atoms with Crippen LogP contribution in [0.5, 0.6) is 0 Å². The Bertz CT molecular complexity index is 430. The molecule has 1 N–H and O–H groups in total. The molecule has 1 aromatic carbocycles. The summed E-state index contributed by atoms with van der Waals surface area (Å²) in [5, 5.41) is 2.95. The van der Waals surface area contributed by atoms with E-state index in [4.69, 9.17) is 4.74 Å². The number of amides is 1. The normalized spacial score (nSPS) is 13.0. The minimum atomic E-state index is -0.473. The molecule has 1 amide bonds. The first-order chi connectivity index (χ1) is 9.76. The van der Waals surface area contributed by atoms with E-state index in [2.05, 4.69) is 22.3 Å². The third-order valence-electron chi connectivity index (χ3n) is 2.50. The maximum absolute atomic E-state index is 11.9. The number of thioether (sulfide) groups is 1. The lowest BCUT2D eigenvalue weighted by Crippen LogP contribution is -2.45. The van der Waals surface area contributed by atoms with E-state index in [-0.39, 0.29) is 12.1 Å². The molecule has 21 heavy (non-hydrogen) atoms. The number of alkyl carbamates (subject to hydrolysis) is 1. The van der Waals surface area contributed by atoms with Crippen LogP contribution >= 0.6 is 11.8 Å². The number of ether oxygens (including phenoxy) is 1. The first-order valence-corrected chi connectivity index (χ1v) is 8.07. The van der Waals surface area contributed by atoms with Crippen LogP contribution in [-0.2, 0) is 4.74 Å². The molecule has 5 heteroatoms. The predicted molar refractivity (Wildman–Crippen MR) is 88.9 cm³/mol. The first kappa shape index (κ1) is 17.9. The van der Waals surface area contributed by atoms with E-state index in [0.717, 1.165) is 12.3 Å². The predicted octanol–water partition coefficient (Wildman–Crippen LogP) is 3.23. The van der Waals surface area contributed by atoms with E-state index in [1.54, 1.807) is 11.8 Å². The van der Waals surface area contributed by atoms with E-state index in [9.17, 15) is 4.79 Å². The smallest absolute Gasteiger partial charge is 0.407 e. The Kier molecular flexibility index (Phi) is 7.05. The number of benzene rings is 1. The Morgan fingerprint density at radius 1 is 1.29 bits per heavy atom. The molecule has 0 heterocycles. The third-order valence-corrected chi connectivity index (χ3v) is 3.68. The highest BCUT2D eigenvalue weighted by molar-refractivity contribution is 7.99. The average molecular weight is 310 g/mol. The van der Waals surface area contributed by atoms with E-state index in [1.165, 1.54) is 4.90 Å². The van der Waals surface area contributed by atoms with Crippen LogP contribution in [0.3, 0.4) is 0 Å². The van der Waals surface area contributed by atoms with Gasteiger partial charge in [0.1, 0.15) is 5.60 Å². The molecule has 1 aromatic rings. The second kappa shape index (κ2) is 8.29. The largest absolute Gasteiger partial charge is 0.444 e. The van der Waals surface area contributed by atoms with E-state index in [0.29, 0.717) is 0 Å². The fourth-order valence-corrected chi connectivity index (χ4v) is 2.70. The Balaban J connectivity index is 2.53. The Hall–Kier alpha value is -1.20. The summed E-state index contributed by atoms with van der Waals surface area (Å²) in [6.07, 6.45) is -0.358. The summed E-state index contributed by atoms with van der Waals surface area (Å²) in [7, 11) is 3.99. The van der Waals surface area contributed by atoms with Crippen LogP contribution in [0.4, 0.5) is 4.79 Å². The highest BCUT2D eigenvalue weighted by Gasteiger charge is 2.20. The minimum Gasteiger partial charge on any atom is -0.444 e. The molecule has 118 valence electrons. The van der Waals surface area contributed by atoms with Gasteiger partial charge in [-0.15, -0.1) is 11.8 Å². The number of nitrogens with zero attached hydrogens (tertiary/aromatic N) is 1. The fourth-order valence-electron chi connectivity index (χ4n) is 1.77. The van der Waals surface area contributed by atoms with Gasteiger partial charge in [0, 0.05) is 17.2 Å². The number of rotatable bonds is 6. The number of likely N-dealkylation sites (N-methyl/N-ethyl adjacent to an activating group) is 1. The van der Waals surface area contributed by atoms with Crippen molar-refractivity contribution in [3.8, 4) is 0 Å². The van der Waals surface area contributed by atoms with Crippen molar-refractivity contribution in [2.75, 3.05) is 26.4 Å². The number of hydrogen-bond acceptors (Lipinski definition) is 4. The molecule has 0 aliphatic carbocycles. The maximum Gasteiger partial charge on any atom is 0.407 e. The van der Waals surface area contributed by atoms with Crippen molar-refractivity contribution >= 4 is 17.9 Å². The van der Waals surface area contributed by atoms with Gasteiger partial charge < -0.3 is 15.0 Å². The number of carbonyl (C=O) groups excluding carboxylic acids is 1. The van der Waals surface area contributed by atoms with Crippen LogP contribution in [0.1, 0.15) is 20.8 Å². The van der Waals surface area contributed by atoms with Crippen molar-refractivity contribution in [3.63, 3.8) is 0 Å². The Morgan fingerprint density at radius 3 is 2.43 bits per heavy atom. The standard InChI is InChI=1S/C16H26N2O2S/c1-16(2,3)20-15(19)17-13(11-18(4)5)12-21-14-9-7-6-8-10-14/h6-10,13H,11-12H2,1-5H3,(H,17,19)/t13-/m1/s1. The van der Waals surface area contributed by atoms with Gasteiger partial charge >= 0.3 is 6.09 Å². The second-order valence-electron chi connectivity index (χ2n) is 6.23. The average Bonchev–Trinajstić information content (AvgIpc) is 2.34. The van der Waals surface area contributed by atoms with Gasteiger partial charge in [-0.1, -0.05) is 18.2 Å². The quantitative estimate of drug-likeness (QED) is 0.819. The zero-order valence-electron chi connectivity index (χ0n) is 13.6. The van der Waals surface area contributed by atoms with Gasteiger partial charge in [0.05, 0.1) is 6.04 Å². The molecule has 0 radical (unpaired) electrons. The van der Waals surface area contributed by atoms with Gasteiger partial charge in [0.2, 0.25) is 0 Å². The number of carbonyl (C=O) groups is 1. The minimum absolute atomic E-state index is 0.0417. The Labute approximate surface area is 132 Å². The summed E-state index contributed by atoms with van der Waals surface area (Å²) in [4.78, 5) is 15.2. The van der Waals surface area contributed by atoms with Gasteiger partial charge in [-0.3, -0.25) is 0 Å². The molecule has 0 spiro atoms. The van der Waals surface area contributed by atoms with Crippen molar-refractivity contribution in [3.05, 3.63) is 30.3 Å². The highest BCUT2D eigenvalue weighted by Crippen LogP contribution is 2.18. The van der Waals surface area contributed by atoms with Gasteiger partial charge in [-0.25, -0.2) is 4.79 Å². The lowest BCUT2D eigenvalue weighted by molar-refractivity contribution is 0.0503. The van der Waals surface area contributed by atoms with Gasteiger partial charge in [-0.05, 0) is 47.0 Å². The van der Waals surface area contributed by atoms with Crippen LogP contribution in [0, 0.1) is 0 Å². The van der Waals surface area contributed by atoms with Crippen LogP contribution in [-0.4, -0.2) is 49.0 Å². The van der Waals surface area contributed by atoms with Gasteiger partial charge in [0.25, 0.3) is 0 Å². The lowest BCUT2D eigenvalue weighted by Gasteiger charge is -2.25. The van der Waals surface area contributed by atoms with Crippen LogP contribution in [0.25, 0.3) is 0 Å². The zero-order chi connectivity index (χ0) is 15.9. The summed E-state index contributed by atoms with van der Waals surface area (Å²) >= 11 is 1.73. The SMILES string of the molecule is CN(C)C[C@H](CSc1ccccc1)NC(=O)OC(C)(C)C. The summed E-state index contributed by atoms with van der Waals surface area (Å²) in [5.41, 5.74) is -0.473. The lowest BCUT2D eigenvalue weighted by atomic mass is 10.2. The van der Waals surface area contributed by atoms with Crippen LogP contribution < -0.4 is 5.32 Å². The summed E-state index contributed by atoms with van der Waals surface area (Å²) < 4.78 is 5.32. The van der Waals surface area contributed by atoms with Crippen LogP contribution in [0.2, 0.25) is 0 Å². The maximum atomic E-state index is 11.9. The summed E-state index contributed by atoms with van der Waals surface area (Å²) in [5.74, 6) is 0.807. The molecule has 4 nitrogen and oxygen atoms in total. The molecule has 1 atom stereocenters. The van der Waals surface area contributed by atoms with Crippen molar-refractivity contribution < 1.29 is 9.53 Å². The van der Waals surface area contributed by atoms with Crippen molar-refractivity contribution in [2.24, 2.45) is 0 Å². The highest BCUT2D eigenvalue weighted by atomic mass is 32.2. The Morgan fingerprint density at radius 2 is 1.90 bits per heavy atom. The monoisotopic (exact) mass is 310 g/mol.